The first kappa shape index (κ1) is 30.4. The predicted molar refractivity (Wildman–Crippen MR) is 173 cm³/mol. The summed E-state index contributed by atoms with van der Waals surface area (Å²) < 4.78 is 28.0. The van der Waals surface area contributed by atoms with E-state index in [9.17, 15) is 18.0 Å². The van der Waals surface area contributed by atoms with E-state index in [2.05, 4.69) is 28.4 Å². The predicted octanol–water partition coefficient (Wildman–Crippen LogP) is 4.64. The van der Waals surface area contributed by atoms with Crippen LogP contribution in [0, 0.1) is 20.8 Å². The zero-order valence-electron chi connectivity index (χ0n) is 25.3. The number of fused-ring (bicyclic) bond motifs is 1. The molecule has 0 radical (unpaired) electrons. The summed E-state index contributed by atoms with van der Waals surface area (Å²) in [5, 5.41) is 0.604. The lowest BCUT2D eigenvalue weighted by Gasteiger charge is -2.33. The Morgan fingerprint density at radius 3 is 2.44 bits per heavy atom. The van der Waals surface area contributed by atoms with Crippen molar-refractivity contribution in [1.29, 1.82) is 0 Å². The Bertz CT molecular complexity index is 1850. The first-order valence-corrected chi connectivity index (χ1v) is 16.2. The molecule has 1 N–H and O–H groups in total. The number of anilines is 1. The van der Waals surface area contributed by atoms with Gasteiger partial charge in [0, 0.05) is 72.8 Å². The molecule has 226 valence electrons. The molecule has 0 unspecified atom stereocenters. The number of likely N-dealkylation sites (N-methyl/N-ethyl adjacent to an activating group) is 1. The summed E-state index contributed by atoms with van der Waals surface area (Å²) in [6, 6.07) is 9.50. The highest BCUT2D eigenvalue weighted by atomic mass is 32.2. The number of carbonyl (C=O) groups is 1. The molecule has 10 heteroatoms. The number of hydrogen-bond donors (Lipinski definition) is 1. The van der Waals surface area contributed by atoms with E-state index in [4.69, 9.17) is 4.98 Å². The molecule has 1 aliphatic rings. The quantitative estimate of drug-likeness (QED) is 0.208. The molecule has 1 fully saturated rings. The maximum atomic E-state index is 13.9. The number of rotatable bonds is 10. The first-order chi connectivity index (χ1) is 20.5. The van der Waals surface area contributed by atoms with E-state index in [0.29, 0.717) is 39.6 Å². The molecule has 3 aromatic heterocycles. The number of nitrogens with one attached hydrogen (secondary N) is 1. The lowest BCUT2D eigenvalue weighted by molar-refractivity contribution is 0.0984. The van der Waals surface area contributed by atoms with E-state index in [1.54, 1.807) is 18.5 Å². The summed E-state index contributed by atoms with van der Waals surface area (Å²) in [7, 11) is -1.59. The van der Waals surface area contributed by atoms with E-state index in [1.807, 2.05) is 51.1 Å². The largest absolute Gasteiger partial charge is 0.354 e. The highest BCUT2D eigenvalue weighted by Crippen LogP contribution is 2.33. The second kappa shape index (κ2) is 12.3. The lowest BCUT2D eigenvalue weighted by Crippen LogP contribution is -2.44. The Morgan fingerprint density at radius 2 is 1.79 bits per heavy atom. The highest BCUT2D eigenvalue weighted by molar-refractivity contribution is 7.90. The minimum Gasteiger partial charge on any atom is -0.354 e. The van der Waals surface area contributed by atoms with Crippen LogP contribution in [0.15, 0.2) is 60.2 Å². The summed E-state index contributed by atoms with van der Waals surface area (Å²) in [5.74, 6) is 0.640. The third-order valence-electron chi connectivity index (χ3n) is 8.24. The van der Waals surface area contributed by atoms with Crippen molar-refractivity contribution in [3.63, 3.8) is 0 Å². The van der Waals surface area contributed by atoms with E-state index in [0.717, 1.165) is 48.8 Å². The SMILES string of the molecule is C=CCCS(=O)(=O)n1cc(C)c2c(C(=O)CCc3c(C)cc(C)[nH]c3=O)cc(-c3ccc(N4CCN(C)CC4)nc3)cc21. The Labute approximate surface area is 252 Å². The number of ketones is 1. The zero-order chi connectivity index (χ0) is 30.9. The van der Waals surface area contributed by atoms with Crippen LogP contribution in [0.2, 0.25) is 0 Å². The molecule has 0 spiro atoms. The van der Waals surface area contributed by atoms with Gasteiger partial charge in [0.1, 0.15) is 5.82 Å². The Hall–Kier alpha value is -4.02. The summed E-state index contributed by atoms with van der Waals surface area (Å²) in [6.07, 6.45) is 5.66. The van der Waals surface area contributed by atoms with E-state index in [1.165, 1.54) is 3.97 Å². The first-order valence-electron chi connectivity index (χ1n) is 14.6. The molecule has 9 nitrogen and oxygen atoms in total. The number of nitrogens with zero attached hydrogens (tertiary/aromatic N) is 4. The Morgan fingerprint density at radius 1 is 1.05 bits per heavy atom. The number of H-pyrrole nitrogens is 1. The van der Waals surface area contributed by atoms with Crippen molar-refractivity contribution in [2.45, 2.75) is 40.0 Å². The van der Waals surface area contributed by atoms with Gasteiger partial charge in [0.15, 0.2) is 5.78 Å². The van der Waals surface area contributed by atoms with Crippen LogP contribution in [0.3, 0.4) is 0 Å². The van der Waals surface area contributed by atoms with Crippen LogP contribution in [0.1, 0.15) is 45.6 Å². The lowest BCUT2D eigenvalue weighted by atomic mass is 9.94. The molecule has 0 atom stereocenters. The number of allylic oxidation sites excluding steroid dienone is 1. The van der Waals surface area contributed by atoms with Gasteiger partial charge in [0.2, 0.25) is 10.0 Å². The fourth-order valence-electron chi connectivity index (χ4n) is 5.82. The average Bonchev–Trinajstić information content (AvgIpc) is 3.32. The van der Waals surface area contributed by atoms with Crippen molar-refractivity contribution < 1.29 is 13.2 Å². The molecule has 0 bridgehead atoms. The van der Waals surface area contributed by atoms with Gasteiger partial charge in [-0.25, -0.2) is 17.4 Å². The van der Waals surface area contributed by atoms with Crippen molar-refractivity contribution in [3.05, 3.63) is 93.7 Å². The maximum Gasteiger partial charge on any atom is 0.251 e. The minimum atomic E-state index is -3.70. The normalized spacial score (nSPS) is 14.4. The monoisotopic (exact) mass is 601 g/mol. The van der Waals surface area contributed by atoms with E-state index >= 15 is 0 Å². The van der Waals surface area contributed by atoms with Crippen LogP contribution in [-0.2, 0) is 16.4 Å². The molecule has 1 aliphatic heterocycles. The average molecular weight is 602 g/mol. The van der Waals surface area contributed by atoms with Gasteiger partial charge in [-0.3, -0.25) is 9.59 Å². The number of aryl methyl sites for hydroxylation is 3. The van der Waals surface area contributed by atoms with Crippen molar-refractivity contribution in [3.8, 4) is 11.1 Å². The molecule has 43 heavy (non-hydrogen) atoms. The topological polar surface area (TPSA) is 108 Å². The van der Waals surface area contributed by atoms with E-state index < -0.39 is 10.0 Å². The van der Waals surface area contributed by atoms with Crippen molar-refractivity contribution in [2.75, 3.05) is 43.9 Å². The molecule has 0 amide bonds. The van der Waals surface area contributed by atoms with Crippen molar-refractivity contribution in [1.82, 2.24) is 18.8 Å². The summed E-state index contributed by atoms with van der Waals surface area (Å²) >= 11 is 0. The molecule has 5 rings (SSSR count). The van der Waals surface area contributed by atoms with E-state index in [-0.39, 0.29) is 29.9 Å². The van der Waals surface area contributed by atoms with Crippen LogP contribution in [0.25, 0.3) is 22.0 Å². The number of aromatic nitrogens is 3. The third kappa shape index (κ3) is 6.35. The van der Waals surface area contributed by atoms with Crippen LogP contribution in [0.4, 0.5) is 5.82 Å². The van der Waals surface area contributed by atoms with Gasteiger partial charge in [-0.05, 0) is 87.7 Å². The van der Waals surface area contributed by atoms with Crippen LogP contribution >= 0.6 is 0 Å². The zero-order valence-corrected chi connectivity index (χ0v) is 26.1. The molecular weight excluding hydrogens is 562 g/mol. The number of Topliss-reactive ketones (excluding diaryl/α,β-unsaturated/α-hetero) is 1. The number of aromatic amines is 1. The van der Waals surface area contributed by atoms with Crippen LogP contribution < -0.4 is 10.5 Å². The Balaban J connectivity index is 1.57. The second-order valence-corrected chi connectivity index (χ2v) is 13.4. The minimum absolute atomic E-state index is 0.0933. The molecule has 0 aliphatic carbocycles. The van der Waals surface area contributed by atoms with Crippen molar-refractivity contribution in [2.24, 2.45) is 0 Å². The highest BCUT2D eigenvalue weighted by Gasteiger charge is 2.23. The van der Waals surface area contributed by atoms with Crippen LogP contribution in [-0.4, -0.2) is 72.0 Å². The summed E-state index contributed by atoms with van der Waals surface area (Å²) in [6.45, 7) is 12.9. The standard InChI is InChI=1S/C33H39N5O4S/c1-6-7-16-43(41,42)38-21-23(3)32-28(30(39)10-9-27-22(2)17-24(4)35-33(27)40)18-26(19-29(32)38)25-8-11-31(34-20-25)37-14-12-36(5)13-15-37/h6,8,11,17-21H,1,7,9-10,12-16H2,2-5H3,(H,35,40). The van der Waals surface area contributed by atoms with Gasteiger partial charge >= 0.3 is 0 Å². The van der Waals surface area contributed by atoms with Gasteiger partial charge in [-0.15, -0.1) is 6.58 Å². The molecular formula is C33H39N5O4S. The third-order valence-corrected chi connectivity index (χ3v) is 9.90. The van der Waals surface area contributed by atoms with Gasteiger partial charge < -0.3 is 14.8 Å². The molecule has 4 heterocycles. The number of pyridine rings is 2. The maximum absolute atomic E-state index is 13.9. The number of hydrogen-bond acceptors (Lipinski definition) is 7. The van der Waals surface area contributed by atoms with Gasteiger partial charge in [0.05, 0.1) is 11.3 Å². The Kier molecular flexibility index (Phi) is 8.71. The van der Waals surface area contributed by atoms with Gasteiger partial charge in [0.25, 0.3) is 5.56 Å². The van der Waals surface area contributed by atoms with Crippen molar-refractivity contribution >= 4 is 32.5 Å². The van der Waals surface area contributed by atoms with Crippen LogP contribution in [0.5, 0.6) is 0 Å². The molecule has 0 saturated carbocycles. The van der Waals surface area contributed by atoms with Gasteiger partial charge in [-0.1, -0.05) is 6.08 Å². The molecule has 1 aromatic carbocycles. The second-order valence-electron chi connectivity index (χ2n) is 11.5. The number of benzene rings is 1. The fourth-order valence-corrected chi connectivity index (χ4v) is 7.24. The smallest absolute Gasteiger partial charge is 0.251 e. The summed E-state index contributed by atoms with van der Waals surface area (Å²) in [4.78, 5) is 38.6. The number of carbonyl (C=O) groups excluding carboxylic acids is 1. The summed E-state index contributed by atoms with van der Waals surface area (Å²) in [5.41, 5.74) is 5.08. The fraction of sp³-hybridized carbons (Fsp3) is 0.364. The molecule has 1 saturated heterocycles. The molecule has 4 aromatic rings. The number of piperazine rings is 1. The van der Waals surface area contributed by atoms with Gasteiger partial charge in [-0.2, -0.15) is 0 Å².